The molecule has 0 bridgehead atoms. The predicted molar refractivity (Wildman–Crippen MR) is 95.4 cm³/mol. The van der Waals surface area contributed by atoms with Crippen LogP contribution in [0.3, 0.4) is 0 Å². The highest BCUT2D eigenvalue weighted by atomic mass is 16.2. The molecule has 8 heteroatoms. The van der Waals surface area contributed by atoms with Crippen LogP contribution in [0, 0.1) is 0 Å². The van der Waals surface area contributed by atoms with Crippen LogP contribution in [-0.4, -0.2) is 49.9 Å². The van der Waals surface area contributed by atoms with Gasteiger partial charge in [0.15, 0.2) is 5.69 Å². The summed E-state index contributed by atoms with van der Waals surface area (Å²) in [6, 6.07) is 9.38. The molecule has 134 valence electrons. The summed E-state index contributed by atoms with van der Waals surface area (Å²) in [5, 5.41) is 12.2. The van der Waals surface area contributed by atoms with Gasteiger partial charge in [0.1, 0.15) is 0 Å². The molecule has 0 unspecified atom stereocenters. The van der Waals surface area contributed by atoms with E-state index < -0.39 is 0 Å². The summed E-state index contributed by atoms with van der Waals surface area (Å²) < 4.78 is 3.56. The first kappa shape index (κ1) is 16.3. The Labute approximate surface area is 150 Å². The van der Waals surface area contributed by atoms with Gasteiger partial charge in [0.25, 0.3) is 5.91 Å². The number of nitrogens with one attached hydrogen (secondary N) is 1. The topological polar surface area (TPSA) is 85.1 Å². The maximum Gasteiger partial charge on any atom is 0.275 e. The molecule has 0 aliphatic carbocycles. The summed E-state index contributed by atoms with van der Waals surface area (Å²) in [5.74, 6) is -0.204. The predicted octanol–water partition coefficient (Wildman–Crippen LogP) is 1.10. The van der Waals surface area contributed by atoms with Gasteiger partial charge in [-0.3, -0.25) is 19.0 Å². The molecule has 3 aromatic rings. The van der Waals surface area contributed by atoms with Gasteiger partial charge in [-0.25, -0.2) is 0 Å². The normalized spacial score (nSPS) is 16.5. The summed E-state index contributed by atoms with van der Waals surface area (Å²) in [6.45, 7) is 0.875. The van der Waals surface area contributed by atoms with E-state index in [1.54, 1.807) is 22.8 Å². The molecule has 26 heavy (non-hydrogen) atoms. The third-order valence-corrected chi connectivity index (χ3v) is 4.83. The first-order valence-electron chi connectivity index (χ1n) is 8.52. The van der Waals surface area contributed by atoms with Gasteiger partial charge in [-0.15, -0.1) is 0 Å². The van der Waals surface area contributed by atoms with E-state index in [1.807, 2.05) is 42.1 Å². The maximum atomic E-state index is 13.2. The summed E-state index contributed by atoms with van der Waals surface area (Å²) in [7, 11) is 3.44. The van der Waals surface area contributed by atoms with Gasteiger partial charge in [-0.05, 0) is 12.1 Å². The molecule has 4 rings (SSSR count). The lowest BCUT2D eigenvalue weighted by molar-refractivity contribution is -0.121. The average Bonchev–Trinajstić information content (AvgIpc) is 3.26. The highest BCUT2D eigenvalue weighted by molar-refractivity contribution is 6.04. The number of carbonyl (C=O) groups excluding carboxylic acids is 2. The standard InChI is InChI=1S/C18H20N6O2/c1-19-16(25)9-13-11-23(10-12-7-8-20-24(12)13)18(26)17-14-5-3-4-6-15(14)22(2)21-17/h3-8,13H,9-11H2,1-2H3,(H,19,25)/t13-/m0/s1. The van der Waals surface area contributed by atoms with Gasteiger partial charge in [0.2, 0.25) is 5.91 Å². The Morgan fingerprint density at radius 2 is 2.08 bits per heavy atom. The number of hydrogen-bond acceptors (Lipinski definition) is 4. The molecule has 1 N–H and O–H groups in total. The number of aryl methyl sites for hydroxylation is 1. The molecule has 3 heterocycles. The minimum Gasteiger partial charge on any atom is -0.359 e. The number of rotatable bonds is 3. The van der Waals surface area contributed by atoms with Crippen molar-refractivity contribution in [3.8, 4) is 0 Å². The van der Waals surface area contributed by atoms with E-state index in [2.05, 4.69) is 15.5 Å². The van der Waals surface area contributed by atoms with Crippen LogP contribution in [0.4, 0.5) is 0 Å². The van der Waals surface area contributed by atoms with Crippen LogP contribution in [0.5, 0.6) is 0 Å². The van der Waals surface area contributed by atoms with E-state index in [-0.39, 0.29) is 24.3 Å². The van der Waals surface area contributed by atoms with Crippen LogP contribution in [-0.2, 0) is 18.4 Å². The lowest BCUT2D eigenvalue weighted by Gasteiger charge is -2.33. The quantitative estimate of drug-likeness (QED) is 0.765. The Morgan fingerprint density at radius 3 is 2.88 bits per heavy atom. The molecule has 0 saturated heterocycles. The fraction of sp³-hybridized carbons (Fsp3) is 0.333. The number of nitrogens with zero attached hydrogens (tertiary/aromatic N) is 5. The van der Waals surface area contributed by atoms with E-state index in [9.17, 15) is 9.59 Å². The zero-order valence-corrected chi connectivity index (χ0v) is 14.7. The number of amides is 2. The largest absolute Gasteiger partial charge is 0.359 e. The first-order valence-corrected chi connectivity index (χ1v) is 8.52. The SMILES string of the molecule is CNC(=O)C[C@H]1CN(C(=O)c2nn(C)c3ccccc23)Cc2ccnn21. The number of aromatic nitrogens is 4. The lowest BCUT2D eigenvalue weighted by atomic mass is 10.1. The molecule has 1 atom stereocenters. The summed E-state index contributed by atoms with van der Waals surface area (Å²) in [6.07, 6.45) is 1.98. The van der Waals surface area contributed by atoms with Crippen molar-refractivity contribution in [2.24, 2.45) is 7.05 Å². The summed E-state index contributed by atoms with van der Waals surface area (Å²) >= 11 is 0. The summed E-state index contributed by atoms with van der Waals surface area (Å²) in [4.78, 5) is 26.8. The lowest BCUT2D eigenvalue weighted by Crippen LogP contribution is -2.42. The van der Waals surface area contributed by atoms with Crippen molar-refractivity contribution >= 4 is 22.7 Å². The average molecular weight is 352 g/mol. The third kappa shape index (κ3) is 2.63. The van der Waals surface area contributed by atoms with Crippen molar-refractivity contribution in [2.75, 3.05) is 13.6 Å². The summed E-state index contributed by atoms with van der Waals surface area (Å²) in [5.41, 5.74) is 2.27. The molecule has 0 fully saturated rings. The van der Waals surface area contributed by atoms with Crippen molar-refractivity contribution in [2.45, 2.75) is 19.0 Å². The van der Waals surface area contributed by atoms with Crippen LogP contribution in [0.25, 0.3) is 10.9 Å². The Kier molecular flexibility index (Phi) is 3.95. The molecule has 0 spiro atoms. The molecule has 1 aromatic carbocycles. The van der Waals surface area contributed by atoms with Gasteiger partial charge in [-0.1, -0.05) is 18.2 Å². The van der Waals surface area contributed by atoms with E-state index >= 15 is 0 Å². The Morgan fingerprint density at radius 1 is 1.27 bits per heavy atom. The van der Waals surface area contributed by atoms with Crippen LogP contribution in [0.2, 0.25) is 0 Å². The highest BCUT2D eigenvalue weighted by Gasteiger charge is 2.32. The number of carbonyl (C=O) groups is 2. The van der Waals surface area contributed by atoms with Gasteiger partial charge in [0.05, 0.1) is 30.2 Å². The first-order chi connectivity index (χ1) is 12.6. The maximum absolute atomic E-state index is 13.2. The fourth-order valence-electron chi connectivity index (χ4n) is 3.53. The number of fused-ring (bicyclic) bond motifs is 2. The van der Waals surface area contributed by atoms with E-state index in [0.717, 1.165) is 16.6 Å². The molecule has 1 aliphatic heterocycles. The van der Waals surface area contributed by atoms with Crippen molar-refractivity contribution < 1.29 is 9.59 Å². The monoisotopic (exact) mass is 352 g/mol. The minimum absolute atomic E-state index is 0.0750. The van der Waals surface area contributed by atoms with Crippen LogP contribution < -0.4 is 5.32 Å². The minimum atomic E-state index is -0.187. The van der Waals surface area contributed by atoms with Gasteiger partial charge < -0.3 is 10.2 Å². The van der Waals surface area contributed by atoms with Crippen LogP contribution in [0.1, 0.15) is 28.6 Å². The third-order valence-electron chi connectivity index (χ3n) is 4.83. The number of benzene rings is 1. The fourth-order valence-corrected chi connectivity index (χ4v) is 3.53. The molecule has 2 amide bonds. The smallest absolute Gasteiger partial charge is 0.275 e. The van der Waals surface area contributed by atoms with Crippen molar-refractivity contribution in [1.29, 1.82) is 0 Å². The molecule has 0 radical (unpaired) electrons. The van der Waals surface area contributed by atoms with E-state index in [0.29, 0.717) is 18.8 Å². The molecule has 1 aliphatic rings. The number of para-hydroxylation sites is 1. The zero-order valence-electron chi connectivity index (χ0n) is 14.7. The number of hydrogen-bond donors (Lipinski definition) is 1. The van der Waals surface area contributed by atoms with E-state index in [4.69, 9.17) is 0 Å². The highest BCUT2D eigenvalue weighted by Crippen LogP contribution is 2.26. The van der Waals surface area contributed by atoms with Gasteiger partial charge >= 0.3 is 0 Å². The van der Waals surface area contributed by atoms with Gasteiger partial charge in [-0.2, -0.15) is 10.2 Å². The Balaban J connectivity index is 1.67. The molecule has 2 aromatic heterocycles. The van der Waals surface area contributed by atoms with Crippen molar-refractivity contribution in [3.05, 3.63) is 47.9 Å². The molecule has 0 saturated carbocycles. The molecular weight excluding hydrogens is 332 g/mol. The zero-order chi connectivity index (χ0) is 18.3. The van der Waals surface area contributed by atoms with Gasteiger partial charge in [0, 0.05) is 32.2 Å². The second-order valence-corrected chi connectivity index (χ2v) is 6.47. The van der Waals surface area contributed by atoms with Crippen LogP contribution >= 0.6 is 0 Å². The Hall–Kier alpha value is -3.16. The second-order valence-electron chi connectivity index (χ2n) is 6.47. The Bertz CT molecular complexity index is 989. The van der Waals surface area contributed by atoms with Crippen molar-refractivity contribution in [1.82, 2.24) is 29.8 Å². The van der Waals surface area contributed by atoms with Crippen molar-refractivity contribution in [3.63, 3.8) is 0 Å². The second kappa shape index (κ2) is 6.29. The molecular formula is C18H20N6O2. The van der Waals surface area contributed by atoms with E-state index in [1.165, 1.54) is 0 Å². The van der Waals surface area contributed by atoms with Crippen LogP contribution in [0.15, 0.2) is 36.5 Å². The molecule has 8 nitrogen and oxygen atoms in total.